The highest BCUT2D eigenvalue weighted by molar-refractivity contribution is 5.83. The Kier molecular flexibility index (Phi) is 5.60. The summed E-state index contributed by atoms with van der Waals surface area (Å²) in [7, 11) is 2.61. The molecule has 0 amide bonds. The number of hydrogen-bond acceptors (Lipinski definition) is 5. The topological polar surface area (TPSA) is 64.6 Å². The fourth-order valence-electron chi connectivity index (χ4n) is 1.55. The number of nitrogens with one attached hydrogen (secondary N) is 1. The minimum absolute atomic E-state index is 0.427. The van der Waals surface area contributed by atoms with E-state index in [2.05, 4.69) is 10.1 Å². The molecule has 0 spiro atoms. The first-order chi connectivity index (χ1) is 9.08. The summed E-state index contributed by atoms with van der Waals surface area (Å²) in [6.07, 6.45) is 1.28. The quantitative estimate of drug-likeness (QED) is 0.645. The SMILES string of the molecule is COC(=O)/C=C(\C)NC(C(=O)OC)c1ccccc1. The van der Waals surface area contributed by atoms with Crippen molar-refractivity contribution in [3.63, 3.8) is 0 Å². The second-order valence-corrected chi connectivity index (χ2v) is 3.86. The molecule has 102 valence electrons. The van der Waals surface area contributed by atoms with Crippen LogP contribution in [0.15, 0.2) is 42.1 Å². The molecule has 0 aliphatic heterocycles. The normalized spacial score (nSPS) is 12.5. The van der Waals surface area contributed by atoms with Crippen LogP contribution in [0.25, 0.3) is 0 Å². The Balaban J connectivity index is 2.91. The zero-order valence-electron chi connectivity index (χ0n) is 11.2. The molecule has 0 aromatic heterocycles. The van der Waals surface area contributed by atoms with Crippen molar-refractivity contribution in [3.05, 3.63) is 47.7 Å². The van der Waals surface area contributed by atoms with Gasteiger partial charge in [-0.05, 0) is 12.5 Å². The zero-order valence-corrected chi connectivity index (χ0v) is 11.2. The highest BCUT2D eigenvalue weighted by Gasteiger charge is 2.21. The van der Waals surface area contributed by atoms with E-state index in [-0.39, 0.29) is 0 Å². The van der Waals surface area contributed by atoms with Gasteiger partial charge in [0.1, 0.15) is 0 Å². The first kappa shape index (κ1) is 14.8. The molecule has 1 atom stereocenters. The number of hydrogen-bond donors (Lipinski definition) is 1. The lowest BCUT2D eigenvalue weighted by atomic mass is 10.1. The van der Waals surface area contributed by atoms with Gasteiger partial charge in [0, 0.05) is 11.8 Å². The number of esters is 2. The van der Waals surface area contributed by atoms with Crippen molar-refractivity contribution >= 4 is 11.9 Å². The fraction of sp³-hybridized carbons (Fsp3) is 0.286. The van der Waals surface area contributed by atoms with Gasteiger partial charge in [-0.3, -0.25) is 0 Å². The van der Waals surface area contributed by atoms with E-state index in [1.165, 1.54) is 20.3 Å². The van der Waals surface area contributed by atoms with E-state index in [0.717, 1.165) is 5.56 Å². The molecule has 0 radical (unpaired) electrons. The summed E-state index contributed by atoms with van der Waals surface area (Å²) in [4.78, 5) is 22.9. The zero-order chi connectivity index (χ0) is 14.3. The van der Waals surface area contributed by atoms with Crippen LogP contribution in [0, 0.1) is 0 Å². The summed E-state index contributed by atoms with van der Waals surface area (Å²) in [6, 6.07) is 8.46. The average molecular weight is 263 g/mol. The Bertz CT molecular complexity index is 468. The van der Waals surface area contributed by atoms with Crippen molar-refractivity contribution < 1.29 is 19.1 Å². The standard InChI is InChI=1S/C14H17NO4/c1-10(9-12(16)18-2)15-13(14(17)19-3)11-7-5-4-6-8-11/h4-9,13,15H,1-3H3/b10-9+. The molecule has 1 aromatic carbocycles. The van der Waals surface area contributed by atoms with Crippen LogP contribution < -0.4 is 5.32 Å². The molecular weight excluding hydrogens is 246 g/mol. The van der Waals surface area contributed by atoms with E-state index in [4.69, 9.17) is 4.74 Å². The number of carbonyl (C=O) groups excluding carboxylic acids is 2. The van der Waals surface area contributed by atoms with Crippen molar-refractivity contribution in [2.24, 2.45) is 0 Å². The van der Waals surface area contributed by atoms with Crippen molar-refractivity contribution in [2.75, 3.05) is 14.2 Å². The fourth-order valence-corrected chi connectivity index (χ4v) is 1.55. The second-order valence-electron chi connectivity index (χ2n) is 3.86. The van der Waals surface area contributed by atoms with Gasteiger partial charge in [-0.1, -0.05) is 30.3 Å². The summed E-state index contributed by atoms with van der Waals surface area (Å²) in [5.74, 6) is -0.912. The molecule has 1 N–H and O–H groups in total. The van der Waals surface area contributed by atoms with E-state index in [1.807, 2.05) is 18.2 Å². The van der Waals surface area contributed by atoms with Gasteiger partial charge >= 0.3 is 11.9 Å². The highest BCUT2D eigenvalue weighted by Crippen LogP contribution is 2.15. The minimum atomic E-state index is -0.660. The van der Waals surface area contributed by atoms with E-state index < -0.39 is 18.0 Å². The molecule has 0 bridgehead atoms. The van der Waals surface area contributed by atoms with Crippen LogP contribution in [0.1, 0.15) is 18.5 Å². The van der Waals surface area contributed by atoms with E-state index in [1.54, 1.807) is 19.1 Å². The van der Waals surface area contributed by atoms with Crippen LogP contribution in [0.3, 0.4) is 0 Å². The predicted molar refractivity (Wildman–Crippen MR) is 70.1 cm³/mol. The first-order valence-electron chi connectivity index (χ1n) is 5.74. The Morgan fingerprint density at radius 3 is 2.32 bits per heavy atom. The lowest BCUT2D eigenvalue weighted by molar-refractivity contribution is -0.143. The van der Waals surface area contributed by atoms with Crippen LogP contribution in [0.2, 0.25) is 0 Å². The summed E-state index contributed by atoms with van der Waals surface area (Å²) in [6.45, 7) is 1.68. The lowest BCUT2D eigenvalue weighted by Crippen LogP contribution is -2.28. The summed E-state index contributed by atoms with van der Waals surface area (Å²) in [5.41, 5.74) is 1.28. The Morgan fingerprint density at radius 1 is 1.16 bits per heavy atom. The molecule has 5 heteroatoms. The van der Waals surface area contributed by atoms with E-state index in [0.29, 0.717) is 5.70 Å². The molecule has 0 saturated carbocycles. The third-order valence-electron chi connectivity index (χ3n) is 2.48. The maximum atomic E-state index is 11.8. The van der Waals surface area contributed by atoms with Crippen LogP contribution in [0.4, 0.5) is 0 Å². The molecule has 1 rings (SSSR count). The Morgan fingerprint density at radius 2 is 1.79 bits per heavy atom. The van der Waals surface area contributed by atoms with Crippen molar-refractivity contribution in [2.45, 2.75) is 13.0 Å². The second kappa shape index (κ2) is 7.20. The third kappa shape index (κ3) is 4.46. The van der Waals surface area contributed by atoms with Crippen molar-refractivity contribution in [3.8, 4) is 0 Å². The maximum absolute atomic E-state index is 11.8. The molecule has 1 unspecified atom stereocenters. The van der Waals surface area contributed by atoms with Gasteiger partial charge in [-0.2, -0.15) is 0 Å². The monoisotopic (exact) mass is 263 g/mol. The van der Waals surface area contributed by atoms with Crippen LogP contribution >= 0.6 is 0 Å². The maximum Gasteiger partial charge on any atom is 0.332 e. The third-order valence-corrected chi connectivity index (χ3v) is 2.48. The van der Waals surface area contributed by atoms with Gasteiger partial charge < -0.3 is 14.8 Å². The average Bonchev–Trinajstić information content (AvgIpc) is 2.44. The molecule has 0 saturated heterocycles. The van der Waals surface area contributed by atoms with Gasteiger partial charge in [0.05, 0.1) is 14.2 Å². The number of rotatable bonds is 5. The van der Waals surface area contributed by atoms with Crippen LogP contribution in [0.5, 0.6) is 0 Å². The molecule has 1 aromatic rings. The smallest absolute Gasteiger partial charge is 0.332 e. The predicted octanol–water partition coefficient (Wildman–Crippen LogP) is 1.57. The minimum Gasteiger partial charge on any atom is -0.467 e. The number of ether oxygens (including phenoxy) is 2. The number of carbonyl (C=O) groups is 2. The summed E-state index contributed by atoms with van der Waals surface area (Å²) >= 11 is 0. The molecule has 0 aliphatic carbocycles. The number of methoxy groups -OCH3 is 2. The Hall–Kier alpha value is -2.30. The van der Waals surface area contributed by atoms with Crippen molar-refractivity contribution in [1.82, 2.24) is 5.32 Å². The van der Waals surface area contributed by atoms with Crippen LogP contribution in [-0.4, -0.2) is 26.2 Å². The van der Waals surface area contributed by atoms with E-state index in [9.17, 15) is 9.59 Å². The van der Waals surface area contributed by atoms with E-state index >= 15 is 0 Å². The molecule has 0 heterocycles. The summed E-state index contributed by atoms with van der Waals surface area (Å²) < 4.78 is 9.28. The molecule has 0 aliphatic rings. The van der Waals surface area contributed by atoms with Crippen molar-refractivity contribution in [1.29, 1.82) is 0 Å². The van der Waals surface area contributed by atoms with Gasteiger partial charge in [-0.25, -0.2) is 9.59 Å². The molecule has 5 nitrogen and oxygen atoms in total. The van der Waals surface area contributed by atoms with Crippen LogP contribution in [-0.2, 0) is 19.1 Å². The number of benzene rings is 1. The number of allylic oxidation sites excluding steroid dienone is 1. The molecule has 0 fully saturated rings. The Labute approximate surface area is 112 Å². The summed E-state index contributed by atoms with van der Waals surface area (Å²) in [5, 5.41) is 2.93. The first-order valence-corrected chi connectivity index (χ1v) is 5.74. The van der Waals surface area contributed by atoms with Gasteiger partial charge in [0.2, 0.25) is 0 Å². The van der Waals surface area contributed by atoms with Gasteiger partial charge in [-0.15, -0.1) is 0 Å². The van der Waals surface area contributed by atoms with Gasteiger partial charge in [0.25, 0.3) is 0 Å². The van der Waals surface area contributed by atoms with Gasteiger partial charge in [0.15, 0.2) is 6.04 Å². The molecule has 19 heavy (non-hydrogen) atoms. The lowest BCUT2D eigenvalue weighted by Gasteiger charge is -2.18. The highest BCUT2D eigenvalue weighted by atomic mass is 16.5. The molecular formula is C14H17NO4. The largest absolute Gasteiger partial charge is 0.467 e.